The molecule has 0 aromatic rings. The van der Waals surface area contributed by atoms with Crippen LogP contribution in [-0.2, 0) is 9.47 Å². The van der Waals surface area contributed by atoms with Crippen LogP contribution in [0.1, 0.15) is 0 Å². The minimum Gasteiger partial charge on any atom is -0.430 e. The standard InChI is InChI=1S/C4H6O4.C3H8O3/c5-1-3-2-7-4(6)8-3;4-1-3(6)2-5/h3,5H,1-2H2;3-6H,1-2H2. The van der Waals surface area contributed by atoms with E-state index >= 15 is 0 Å². The second-order valence-electron chi connectivity index (χ2n) is 2.50. The third kappa shape index (κ3) is 5.70. The van der Waals surface area contributed by atoms with E-state index in [-0.39, 0.29) is 26.4 Å². The van der Waals surface area contributed by atoms with Crippen molar-refractivity contribution in [3.63, 3.8) is 0 Å². The Morgan fingerprint density at radius 1 is 1.36 bits per heavy atom. The third-order valence-electron chi connectivity index (χ3n) is 1.28. The van der Waals surface area contributed by atoms with E-state index < -0.39 is 18.4 Å². The summed E-state index contributed by atoms with van der Waals surface area (Å²) in [6, 6.07) is 0. The molecule has 1 heterocycles. The zero-order valence-corrected chi connectivity index (χ0v) is 7.50. The van der Waals surface area contributed by atoms with Crippen molar-refractivity contribution in [2.75, 3.05) is 26.4 Å². The lowest BCUT2D eigenvalue weighted by Gasteiger charge is -1.96. The molecule has 1 unspecified atom stereocenters. The highest BCUT2D eigenvalue weighted by atomic mass is 16.8. The molecular weight excluding hydrogens is 196 g/mol. The lowest BCUT2D eigenvalue weighted by Crippen LogP contribution is -2.15. The fourth-order valence-electron chi connectivity index (χ4n) is 0.513. The van der Waals surface area contributed by atoms with Gasteiger partial charge in [0.25, 0.3) is 0 Å². The van der Waals surface area contributed by atoms with Gasteiger partial charge in [0.15, 0.2) is 6.10 Å². The molecule has 1 rings (SSSR count). The smallest absolute Gasteiger partial charge is 0.430 e. The van der Waals surface area contributed by atoms with Gasteiger partial charge in [-0.15, -0.1) is 0 Å². The molecule has 1 aliphatic rings. The lowest BCUT2D eigenvalue weighted by molar-refractivity contribution is 0.0450. The average Bonchev–Trinajstić information content (AvgIpc) is 2.64. The summed E-state index contributed by atoms with van der Waals surface area (Å²) in [5, 5.41) is 32.3. The van der Waals surface area contributed by atoms with Gasteiger partial charge in [0.05, 0.1) is 19.8 Å². The summed E-state index contributed by atoms with van der Waals surface area (Å²) in [4.78, 5) is 10.1. The van der Waals surface area contributed by atoms with Crippen LogP contribution in [0.15, 0.2) is 0 Å². The molecule has 7 heteroatoms. The maximum Gasteiger partial charge on any atom is 0.508 e. The molecule has 1 saturated heterocycles. The van der Waals surface area contributed by atoms with E-state index in [1.54, 1.807) is 0 Å². The fourth-order valence-corrected chi connectivity index (χ4v) is 0.513. The summed E-state index contributed by atoms with van der Waals surface area (Å²) in [5.41, 5.74) is 0. The number of hydrogen-bond acceptors (Lipinski definition) is 7. The zero-order valence-electron chi connectivity index (χ0n) is 7.50. The van der Waals surface area contributed by atoms with Crippen LogP contribution in [0.4, 0.5) is 4.79 Å². The lowest BCUT2D eigenvalue weighted by atomic mass is 10.4. The summed E-state index contributed by atoms with van der Waals surface area (Å²) in [7, 11) is 0. The maximum absolute atomic E-state index is 10.1. The van der Waals surface area contributed by atoms with Crippen LogP contribution in [0, 0.1) is 0 Å². The molecule has 0 aromatic carbocycles. The van der Waals surface area contributed by atoms with Gasteiger partial charge >= 0.3 is 6.16 Å². The van der Waals surface area contributed by atoms with E-state index in [0.717, 1.165) is 0 Å². The molecule has 7 nitrogen and oxygen atoms in total. The van der Waals surface area contributed by atoms with Gasteiger partial charge in [-0.1, -0.05) is 0 Å². The van der Waals surface area contributed by atoms with Gasteiger partial charge in [-0.25, -0.2) is 4.79 Å². The Morgan fingerprint density at radius 2 is 1.93 bits per heavy atom. The van der Waals surface area contributed by atoms with Gasteiger partial charge in [-0.05, 0) is 0 Å². The zero-order chi connectivity index (χ0) is 11.0. The molecule has 14 heavy (non-hydrogen) atoms. The highest BCUT2D eigenvalue weighted by Crippen LogP contribution is 2.03. The first-order chi connectivity index (χ1) is 6.63. The van der Waals surface area contributed by atoms with E-state index in [9.17, 15) is 4.79 Å². The summed E-state index contributed by atoms with van der Waals surface area (Å²) >= 11 is 0. The van der Waals surface area contributed by atoms with Crippen molar-refractivity contribution in [2.45, 2.75) is 12.2 Å². The van der Waals surface area contributed by atoms with Gasteiger partial charge in [0.2, 0.25) is 0 Å². The molecule has 1 atom stereocenters. The summed E-state index contributed by atoms with van der Waals surface area (Å²) in [5.74, 6) is 0. The summed E-state index contributed by atoms with van der Waals surface area (Å²) in [6.45, 7) is -0.714. The Balaban J connectivity index is 0.000000255. The molecule has 4 N–H and O–H groups in total. The number of ether oxygens (including phenoxy) is 2. The number of aliphatic hydroxyl groups excluding tert-OH is 4. The Kier molecular flexibility index (Phi) is 7.03. The van der Waals surface area contributed by atoms with E-state index in [1.807, 2.05) is 0 Å². The Bertz CT molecular complexity index is 156. The quantitative estimate of drug-likeness (QED) is 0.392. The van der Waals surface area contributed by atoms with Gasteiger partial charge in [0.1, 0.15) is 12.7 Å². The predicted octanol–water partition coefficient (Wildman–Crippen LogP) is -2.15. The van der Waals surface area contributed by atoms with Crippen LogP contribution in [0.3, 0.4) is 0 Å². The fraction of sp³-hybridized carbons (Fsp3) is 0.857. The van der Waals surface area contributed by atoms with Crippen molar-refractivity contribution >= 4 is 6.16 Å². The number of carbonyl (C=O) groups is 1. The predicted molar refractivity (Wildman–Crippen MR) is 43.5 cm³/mol. The highest BCUT2D eigenvalue weighted by Gasteiger charge is 2.23. The monoisotopic (exact) mass is 210 g/mol. The number of hydrogen-bond donors (Lipinski definition) is 4. The molecule has 0 amide bonds. The Morgan fingerprint density at radius 3 is 2.07 bits per heavy atom. The topological polar surface area (TPSA) is 116 Å². The molecule has 0 saturated carbocycles. The SMILES string of the molecule is O=C1OCC(CO)O1.OCC(O)CO. The maximum atomic E-state index is 10.1. The largest absolute Gasteiger partial charge is 0.508 e. The second-order valence-corrected chi connectivity index (χ2v) is 2.50. The van der Waals surface area contributed by atoms with Crippen molar-refractivity contribution in [2.24, 2.45) is 0 Å². The first-order valence-corrected chi connectivity index (χ1v) is 3.98. The van der Waals surface area contributed by atoms with Gasteiger partial charge in [-0.3, -0.25) is 0 Å². The molecule has 1 fully saturated rings. The van der Waals surface area contributed by atoms with Gasteiger partial charge in [-0.2, -0.15) is 0 Å². The van der Waals surface area contributed by atoms with Crippen LogP contribution in [0.2, 0.25) is 0 Å². The van der Waals surface area contributed by atoms with Crippen molar-refractivity contribution in [3.8, 4) is 0 Å². The average molecular weight is 210 g/mol. The summed E-state index contributed by atoms with van der Waals surface area (Å²) in [6.07, 6.45) is -2.09. The Labute approximate surface area is 80.5 Å². The number of rotatable bonds is 3. The van der Waals surface area contributed by atoms with Crippen LogP contribution in [0.5, 0.6) is 0 Å². The normalized spacial score (nSPS) is 19.8. The minimum atomic E-state index is -0.954. The van der Waals surface area contributed by atoms with Crippen LogP contribution in [-0.4, -0.2) is 65.2 Å². The first kappa shape index (κ1) is 13.1. The second kappa shape index (κ2) is 7.51. The third-order valence-corrected chi connectivity index (χ3v) is 1.28. The van der Waals surface area contributed by atoms with E-state index in [4.69, 9.17) is 20.4 Å². The molecule has 0 bridgehead atoms. The van der Waals surface area contributed by atoms with Crippen molar-refractivity contribution in [1.82, 2.24) is 0 Å². The number of aliphatic hydroxyl groups is 4. The minimum absolute atomic E-state index is 0.161. The highest BCUT2D eigenvalue weighted by molar-refractivity contribution is 5.61. The van der Waals surface area contributed by atoms with Crippen molar-refractivity contribution < 1.29 is 34.7 Å². The van der Waals surface area contributed by atoms with E-state index in [0.29, 0.717) is 0 Å². The molecular formula is C7H14O7. The summed E-state index contributed by atoms with van der Waals surface area (Å²) < 4.78 is 8.73. The molecule has 0 radical (unpaired) electrons. The molecule has 0 spiro atoms. The first-order valence-electron chi connectivity index (χ1n) is 3.98. The number of carbonyl (C=O) groups excluding carboxylic acids is 1. The van der Waals surface area contributed by atoms with Crippen molar-refractivity contribution in [1.29, 1.82) is 0 Å². The van der Waals surface area contributed by atoms with Gasteiger partial charge in [0, 0.05) is 0 Å². The Hall–Kier alpha value is -0.890. The molecule has 1 aliphatic heterocycles. The molecule has 0 aromatic heterocycles. The number of cyclic esters (lactones) is 2. The van der Waals surface area contributed by atoms with Crippen molar-refractivity contribution in [3.05, 3.63) is 0 Å². The molecule has 0 aliphatic carbocycles. The van der Waals surface area contributed by atoms with E-state index in [2.05, 4.69) is 9.47 Å². The van der Waals surface area contributed by atoms with Crippen LogP contribution >= 0.6 is 0 Å². The van der Waals surface area contributed by atoms with E-state index in [1.165, 1.54) is 0 Å². The molecule has 84 valence electrons. The van der Waals surface area contributed by atoms with Gasteiger partial charge < -0.3 is 29.9 Å². The van der Waals surface area contributed by atoms with Crippen LogP contribution < -0.4 is 0 Å². The van der Waals surface area contributed by atoms with Crippen LogP contribution in [0.25, 0.3) is 0 Å².